The average Bonchev–Trinajstić information content (AvgIpc) is 2.46. The highest BCUT2D eigenvalue weighted by Crippen LogP contribution is 2.27. The Morgan fingerprint density at radius 1 is 1.19 bits per heavy atom. The molecule has 21 heavy (non-hydrogen) atoms. The summed E-state index contributed by atoms with van der Waals surface area (Å²) in [5.41, 5.74) is 1.16. The highest BCUT2D eigenvalue weighted by atomic mass is 16.5. The number of methoxy groups -OCH3 is 1. The Bertz CT molecular complexity index is 403. The molecule has 0 aliphatic heterocycles. The van der Waals surface area contributed by atoms with Crippen molar-refractivity contribution in [3.63, 3.8) is 0 Å². The van der Waals surface area contributed by atoms with Gasteiger partial charge in [-0.25, -0.2) is 0 Å². The summed E-state index contributed by atoms with van der Waals surface area (Å²) in [6.07, 6.45) is 7.15. The van der Waals surface area contributed by atoms with E-state index in [1.165, 1.54) is 12.8 Å². The molecule has 0 aromatic heterocycles. The fraction of sp³-hybridized carbons (Fsp3) is 0.667. The number of hydrogen-bond acceptors (Lipinski definition) is 3. The molecule has 120 valence electrons. The third kappa shape index (κ3) is 6.85. The van der Waals surface area contributed by atoms with E-state index in [-0.39, 0.29) is 11.9 Å². The van der Waals surface area contributed by atoms with Crippen molar-refractivity contribution in [2.75, 3.05) is 7.11 Å². The fourth-order valence-corrected chi connectivity index (χ4v) is 2.62. The van der Waals surface area contributed by atoms with Gasteiger partial charge < -0.3 is 14.9 Å². The van der Waals surface area contributed by atoms with Gasteiger partial charge in [0.05, 0.1) is 13.2 Å². The quantitative estimate of drug-likeness (QED) is 0.632. The molecule has 0 fully saturated rings. The summed E-state index contributed by atoms with van der Waals surface area (Å²) in [6, 6.07) is 5.50. The number of phenolic OH excluding ortho intramolecular Hbond substituents is 1. The molecule has 0 heterocycles. The number of aliphatic hydroxyl groups is 1. The van der Waals surface area contributed by atoms with Crippen LogP contribution in [0, 0.1) is 5.92 Å². The van der Waals surface area contributed by atoms with Crippen LogP contribution in [0.25, 0.3) is 0 Å². The van der Waals surface area contributed by atoms with Crippen LogP contribution in [0.5, 0.6) is 11.5 Å². The Hall–Kier alpha value is -1.22. The van der Waals surface area contributed by atoms with Crippen LogP contribution in [0.4, 0.5) is 0 Å². The lowest BCUT2D eigenvalue weighted by Gasteiger charge is -2.16. The number of benzene rings is 1. The van der Waals surface area contributed by atoms with Gasteiger partial charge in [-0.1, -0.05) is 39.2 Å². The van der Waals surface area contributed by atoms with Gasteiger partial charge in [0, 0.05) is 0 Å². The molecule has 3 nitrogen and oxygen atoms in total. The molecule has 2 atom stereocenters. The second kappa shape index (κ2) is 9.67. The number of unbranched alkanes of at least 4 members (excludes halogenated alkanes) is 2. The maximum atomic E-state index is 10.0. The van der Waals surface area contributed by atoms with Crippen molar-refractivity contribution in [1.29, 1.82) is 0 Å². The number of hydrogen-bond donors (Lipinski definition) is 2. The van der Waals surface area contributed by atoms with Gasteiger partial charge in [0.15, 0.2) is 11.5 Å². The molecule has 0 aliphatic carbocycles. The van der Waals surface area contributed by atoms with Gasteiger partial charge in [-0.05, 0) is 49.3 Å². The average molecular weight is 294 g/mol. The zero-order valence-corrected chi connectivity index (χ0v) is 13.6. The zero-order chi connectivity index (χ0) is 15.7. The third-order valence-electron chi connectivity index (χ3n) is 3.99. The number of aromatic hydroxyl groups is 1. The van der Waals surface area contributed by atoms with Crippen molar-refractivity contribution in [1.82, 2.24) is 0 Å². The maximum Gasteiger partial charge on any atom is 0.160 e. The Morgan fingerprint density at radius 3 is 2.62 bits per heavy atom. The second-order valence-corrected chi connectivity index (χ2v) is 6.04. The van der Waals surface area contributed by atoms with Crippen LogP contribution < -0.4 is 4.74 Å². The molecule has 3 heteroatoms. The standard InChI is InChI=1S/C18H30O3/c1-4-5-6-7-16(19)12-14(2)8-9-15-10-11-17(20)18(13-15)21-3/h10-11,13-14,16,19-20H,4-9,12H2,1-3H3. The Labute approximate surface area is 129 Å². The zero-order valence-electron chi connectivity index (χ0n) is 13.6. The lowest BCUT2D eigenvalue weighted by atomic mass is 9.94. The molecule has 1 rings (SSSR count). The van der Waals surface area contributed by atoms with Crippen molar-refractivity contribution in [2.45, 2.75) is 64.9 Å². The minimum absolute atomic E-state index is 0.166. The van der Waals surface area contributed by atoms with E-state index in [4.69, 9.17) is 4.74 Å². The first kappa shape index (κ1) is 17.8. The third-order valence-corrected chi connectivity index (χ3v) is 3.99. The Balaban J connectivity index is 2.33. The van der Waals surface area contributed by atoms with Crippen LogP contribution >= 0.6 is 0 Å². The maximum absolute atomic E-state index is 10.0. The van der Waals surface area contributed by atoms with Crippen molar-refractivity contribution in [3.05, 3.63) is 23.8 Å². The monoisotopic (exact) mass is 294 g/mol. The van der Waals surface area contributed by atoms with Crippen LogP contribution in [0.2, 0.25) is 0 Å². The van der Waals surface area contributed by atoms with Crippen molar-refractivity contribution >= 4 is 0 Å². The predicted octanol–water partition coefficient (Wildman–Crippen LogP) is 4.30. The summed E-state index contributed by atoms with van der Waals surface area (Å²) in [5.74, 6) is 1.21. The van der Waals surface area contributed by atoms with E-state index in [0.717, 1.165) is 37.7 Å². The smallest absolute Gasteiger partial charge is 0.160 e. The number of rotatable bonds is 10. The number of aliphatic hydroxyl groups excluding tert-OH is 1. The van der Waals surface area contributed by atoms with Gasteiger partial charge in [-0.3, -0.25) is 0 Å². The minimum Gasteiger partial charge on any atom is -0.504 e. The summed E-state index contributed by atoms with van der Waals surface area (Å²) in [5, 5.41) is 19.6. The van der Waals surface area contributed by atoms with Crippen LogP contribution in [0.3, 0.4) is 0 Å². The summed E-state index contributed by atoms with van der Waals surface area (Å²) in [6.45, 7) is 4.38. The molecule has 2 N–H and O–H groups in total. The first-order valence-corrected chi connectivity index (χ1v) is 8.10. The molecule has 0 saturated heterocycles. The fourth-order valence-electron chi connectivity index (χ4n) is 2.62. The van der Waals surface area contributed by atoms with Crippen LogP contribution in [0.1, 0.15) is 57.9 Å². The highest BCUT2D eigenvalue weighted by Gasteiger charge is 2.11. The van der Waals surface area contributed by atoms with E-state index in [2.05, 4.69) is 13.8 Å². The highest BCUT2D eigenvalue weighted by molar-refractivity contribution is 5.41. The molecular formula is C18H30O3. The molecule has 1 aromatic rings. The largest absolute Gasteiger partial charge is 0.504 e. The molecule has 0 radical (unpaired) electrons. The molecule has 1 aromatic carbocycles. The van der Waals surface area contributed by atoms with Crippen LogP contribution in [-0.4, -0.2) is 23.4 Å². The molecule has 0 amide bonds. The number of ether oxygens (including phenoxy) is 1. The summed E-state index contributed by atoms with van der Waals surface area (Å²) in [7, 11) is 1.56. The van der Waals surface area contributed by atoms with Gasteiger partial charge >= 0.3 is 0 Å². The van der Waals surface area contributed by atoms with Gasteiger partial charge in [0.25, 0.3) is 0 Å². The SMILES string of the molecule is CCCCCC(O)CC(C)CCc1ccc(O)c(OC)c1. The van der Waals surface area contributed by atoms with Gasteiger partial charge in [0.2, 0.25) is 0 Å². The van der Waals surface area contributed by atoms with E-state index < -0.39 is 0 Å². The summed E-state index contributed by atoms with van der Waals surface area (Å²) < 4.78 is 5.12. The first-order chi connectivity index (χ1) is 10.1. The Morgan fingerprint density at radius 2 is 1.95 bits per heavy atom. The molecule has 0 aliphatic rings. The lowest BCUT2D eigenvalue weighted by Crippen LogP contribution is -2.12. The van der Waals surface area contributed by atoms with E-state index in [0.29, 0.717) is 11.7 Å². The van der Waals surface area contributed by atoms with E-state index in [9.17, 15) is 10.2 Å². The van der Waals surface area contributed by atoms with Gasteiger partial charge in [0.1, 0.15) is 0 Å². The predicted molar refractivity (Wildman–Crippen MR) is 86.9 cm³/mol. The summed E-state index contributed by atoms with van der Waals surface area (Å²) >= 11 is 0. The van der Waals surface area contributed by atoms with E-state index in [1.54, 1.807) is 13.2 Å². The van der Waals surface area contributed by atoms with Crippen molar-refractivity contribution in [2.24, 2.45) is 5.92 Å². The molecule has 0 bridgehead atoms. The Kier molecular flexibility index (Phi) is 8.21. The number of aryl methyl sites for hydroxylation is 1. The normalized spacial score (nSPS) is 13.9. The van der Waals surface area contributed by atoms with Crippen LogP contribution in [0.15, 0.2) is 18.2 Å². The molecular weight excluding hydrogens is 264 g/mol. The summed E-state index contributed by atoms with van der Waals surface area (Å²) in [4.78, 5) is 0. The molecule has 0 saturated carbocycles. The van der Waals surface area contributed by atoms with Crippen LogP contribution in [-0.2, 0) is 6.42 Å². The molecule has 2 unspecified atom stereocenters. The minimum atomic E-state index is -0.166. The van der Waals surface area contributed by atoms with Crippen molar-refractivity contribution in [3.8, 4) is 11.5 Å². The topological polar surface area (TPSA) is 49.7 Å². The second-order valence-electron chi connectivity index (χ2n) is 6.04. The van der Waals surface area contributed by atoms with E-state index in [1.807, 2.05) is 12.1 Å². The van der Waals surface area contributed by atoms with E-state index >= 15 is 0 Å². The van der Waals surface area contributed by atoms with Gasteiger partial charge in [-0.15, -0.1) is 0 Å². The van der Waals surface area contributed by atoms with Crippen molar-refractivity contribution < 1.29 is 14.9 Å². The number of phenols is 1. The molecule has 0 spiro atoms. The van der Waals surface area contributed by atoms with Gasteiger partial charge in [-0.2, -0.15) is 0 Å². The first-order valence-electron chi connectivity index (χ1n) is 8.10. The lowest BCUT2D eigenvalue weighted by molar-refractivity contribution is 0.131.